The minimum Gasteiger partial charge on any atom is -0.451 e. The highest BCUT2D eigenvalue weighted by molar-refractivity contribution is 5.91. The number of ether oxygens (including phenoxy) is 1. The molecule has 8 nitrogen and oxygen atoms in total. The third-order valence-electron chi connectivity index (χ3n) is 6.13. The first-order chi connectivity index (χ1) is 16.1. The molecule has 1 aromatic carbocycles. The highest BCUT2D eigenvalue weighted by Gasteiger charge is 2.29. The number of carbonyl (C=O) groups is 2. The van der Waals surface area contributed by atoms with Crippen molar-refractivity contribution in [2.24, 2.45) is 0 Å². The van der Waals surface area contributed by atoms with Gasteiger partial charge in [-0.15, -0.1) is 0 Å². The summed E-state index contributed by atoms with van der Waals surface area (Å²) in [5, 5.41) is 4.45. The van der Waals surface area contributed by atoms with Crippen molar-refractivity contribution >= 4 is 17.7 Å². The van der Waals surface area contributed by atoms with Gasteiger partial charge in [0.25, 0.3) is 5.91 Å². The van der Waals surface area contributed by atoms with Gasteiger partial charge in [0.15, 0.2) is 12.3 Å². The molecule has 0 atom stereocenters. The molecule has 1 saturated heterocycles. The number of benzene rings is 1. The number of carbonyl (C=O) groups excluding carboxylic acids is 2. The summed E-state index contributed by atoms with van der Waals surface area (Å²) in [7, 11) is 0. The molecular formula is C24H24FN5O3. The topological polar surface area (TPSA) is 80.6 Å². The van der Waals surface area contributed by atoms with Crippen molar-refractivity contribution in [2.75, 3.05) is 37.7 Å². The number of halogens is 1. The van der Waals surface area contributed by atoms with Crippen LogP contribution in [0.1, 0.15) is 28.2 Å². The number of pyridine rings is 1. The Morgan fingerprint density at radius 2 is 1.79 bits per heavy atom. The molecule has 3 heterocycles. The van der Waals surface area contributed by atoms with Crippen LogP contribution in [0.2, 0.25) is 0 Å². The molecule has 0 spiro atoms. The van der Waals surface area contributed by atoms with E-state index in [-0.39, 0.29) is 24.0 Å². The summed E-state index contributed by atoms with van der Waals surface area (Å²) in [6.07, 6.45) is 4.17. The number of rotatable bonds is 5. The summed E-state index contributed by atoms with van der Waals surface area (Å²) in [5.74, 6) is -0.267. The third kappa shape index (κ3) is 4.30. The van der Waals surface area contributed by atoms with Crippen LogP contribution >= 0.6 is 0 Å². The molecule has 5 rings (SSSR count). The number of piperazine rings is 1. The van der Waals surface area contributed by atoms with Crippen LogP contribution in [0.5, 0.6) is 0 Å². The lowest BCUT2D eigenvalue weighted by molar-refractivity contribution is -0.134. The minimum absolute atomic E-state index is 0.223. The summed E-state index contributed by atoms with van der Waals surface area (Å²) >= 11 is 0. The lowest BCUT2D eigenvalue weighted by Gasteiger charge is -2.35. The van der Waals surface area contributed by atoms with Crippen LogP contribution in [0.25, 0.3) is 5.69 Å². The second-order valence-electron chi connectivity index (χ2n) is 8.15. The molecule has 0 saturated carbocycles. The maximum Gasteiger partial charge on any atom is 0.359 e. The molecule has 170 valence electrons. The molecule has 9 heteroatoms. The van der Waals surface area contributed by atoms with E-state index < -0.39 is 5.97 Å². The largest absolute Gasteiger partial charge is 0.451 e. The van der Waals surface area contributed by atoms with E-state index in [0.717, 1.165) is 36.3 Å². The molecular weight excluding hydrogens is 425 g/mol. The quantitative estimate of drug-likeness (QED) is 0.557. The molecule has 1 amide bonds. The Kier molecular flexibility index (Phi) is 5.77. The lowest BCUT2D eigenvalue weighted by atomic mass is 10.2. The van der Waals surface area contributed by atoms with Gasteiger partial charge in [0.05, 0.1) is 5.69 Å². The van der Waals surface area contributed by atoms with E-state index in [9.17, 15) is 14.0 Å². The monoisotopic (exact) mass is 449 g/mol. The Bertz CT molecular complexity index is 1150. The van der Waals surface area contributed by atoms with Crippen LogP contribution in [0.3, 0.4) is 0 Å². The maximum atomic E-state index is 13.3. The number of nitrogens with zero attached hydrogens (tertiary/aromatic N) is 5. The van der Waals surface area contributed by atoms with E-state index in [2.05, 4.69) is 15.0 Å². The van der Waals surface area contributed by atoms with Gasteiger partial charge in [-0.25, -0.2) is 18.9 Å². The fourth-order valence-electron chi connectivity index (χ4n) is 4.41. The zero-order valence-electron chi connectivity index (χ0n) is 18.1. The van der Waals surface area contributed by atoms with E-state index in [4.69, 9.17) is 4.74 Å². The highest BCUT2D eigenvalue weighted by atomic mass is 19.1. The fraction of sp³-hybridized carbons (Fsp3) is 0.333. The second-order valence-corrected chi connectivity index (χ2v) is 8.15. The summed E-state index contributed by atoms with van der Waals surface area (Å²) in [4.78, 5) is 33.6. The van der Waals surface area contributed by atoms with Crippen LogP contribution in [0.4, 0.5) is 10.2 Å². The summed E-state index contributed by atoms with van der Waals surface area (Å²) < 4.78 is 20.3. The number of hydrogen-bond donors (Lipinski definition) is 0. The maximum absolute atomic E-state index is 13.3. The molecule has 1 aliphatic carbocycles. The van der Waals surface area contributed by atoms with Gasteiger partial charge in [-0.05, 0) is 55.7 Å². The van der Waals surface area contributed by atoms with Crippen molar-refractivity contribution in [1.82, 2.24) is 19.7 Å². The molecule has 3 aromatic rings. The fourth-order valence-corrected chi connectivity index (χ4v) is 4.41. The van der Waals surface area contributed by atoms with Gasteiger partial charge in [-0.3, -0.25) is 4.79 Å². The lowest BCUT2D eigenvalue weighted by Crippen LogP contribution is -2.50. The second kappa shape index (κ2) is 9.01. The first-order valence-corrected chi connectivity index (χ1v) is 11.1. The van der Waals surface area contributed by atoms with Crippen molar-refractivity contribution in [3.05, 3.63) is 71.4 Å². The van der Waals surface area contributed by atoms with Gasteiger partial charge >= 0.3 is 5.97 Å². The average molecular weight is 449 g/mol. The van der Waals surface area contributed by atoms with E-state index in [0.29, 0.717) is 31.9 Å². The summed E-state index contributed by atoms with van der Waals surface area (Å²) in [6.45, 7) is 2.11. The molecule has 2 aliphatic rings. The van der Waals surface area contributed by atoms with Crippen molar-refractivity contribution in [1.29, 1.82) is 0 Å². The van der Waals surface area contributed by atoms with Gasteiger partial charge in [-0.2, -0.15) is 5.10 Å². The molecule has 0 bridgehead atoms. The van der Waals surface area contributed by atoms with Crippen molar-refractivity contribution in [3.8, 4) is 5.69 Å². The number of fused-ring (bicyclic) bond motifs is 1. The van der Waals surface area contributed by atoms with Crippen LogP contribution in [-0.4, -0.2) is 64.3 Å². The highest BCUT2D eigenvalue weighted by Crippen LogP contribution is 2.28. The van der Waals surface area contributed by atoms with Gasteiger partial charge in [0.2, 0.25) is 0 Å². The first-order valence-electron chi connectivity index (χ1n) is 11.1. The van der Waals surface area contributed by atoms with Gasteiger partial charge in [-0.1, -0.05) is 6.07 Å². The van der Waals surface area contributed by atoms with E-state index in [1.165, 1.54) is 12.1 Å². The van der Waals surface area contributed by atoms with Gasteiger partial charge in [0.1, 0.15) is 11.6 Å². The Hall–Kier alpha value is -3.75. The SMILES string of the molecule is O=C(OCC(=O)N1CCN(c2ccccn2)CC1)c1nn(-c2ccc(F)cc2)c2c1CCC2. The predicted molar refractivity (Wildman–Crippen MR) is 119 cm³/mol. The number of anilines is 1. The van der Waals surface area contributed by atoms with Crippen molar-refractivity contribution in [3.63, 3.8) is 0 Å². The predicted octanol–water partition coefficient (Wildman–Crippen LogP) is 2.40. The van der Waals surface area contributed by atoms with Gasteiger partial charge < -0.3 is 14.5 Å². The third-order valence-corrected chi connectivity index (χ3v) is 6.13. The Morgan fingerprint density at radius 1 is 1.00 bits per heavy atom. The van der Waals surface area contributed by atoms with E-state index in [1.54, 1.807) is 27.9 Å². The number of aromatic nitrogens is 3. The molecule has 0 radical (unpaired) electrons. The average Bonchev–Trinajstić information content (AvgIpc) is 3.47. The Balaban J connectivity index is 1.21. The van der Waals surface area contributed by atoms with Crippen LogP contribution in [-0.2, 0) is 22.4 Å². The standard InChI is InChI=1S/C24H24FN5O3/c25-17-7-9-18(10-8-17)30-20-5-3-4-19(20)23(27-30)24(32)33-16-22(31)29-14-12-28(13-15-29)21-6-1-2-11-26-21/h1-2,6-11H,3-5,12-16H2. The number of amides is 1. The van der Waals surface area contributed by atoms with Crippen LogP contribution < -0.4 is 4.90 Å². The smallest absolute Gasteiger partial charge is 0.359 e. The molecule has 1 aliphatic heterocycles. The number of esters is 1. The molecule has 2 aromatic heterocycles. The summed E-state index contributed by atoms with van der Waals surface area (Å²) in [5.41, 5.74) is 2.71. The van der Waals surface area contributed by atoms with Crippen molar-refractivity contribution in [2.45, 2.75) is 19.3 Å². The Labute approximate surface area is 190 Å². The number of hydrogen-bond acceptors (Lipinski definition) is 6. The zero-order valence-corrected chi connectivity index (χ0v) is 18.1. The van der Waals surface area contributed by atoms with Crippen LogP contribution in [0, 0.1) is 5.82 Å². The Morgan fingerprint density at radius 3 is 2.52 bits per heavy atom. The van der Waals surface area contributed by atoms with E-state index in [1.807, 2.05) is 18.2 Å². The molecule has 33 heavy (non-hydrogen) atoms. The van der Waals surface area contributed by atoms with Crippen LogP contribution in [0.15, 0.2) is 48.7 Å². The van der Waals surface area contributed by atoms with E-state index >= 15 is 0 Å². The molecule has 0 N–H and O–H groups in total. The van der Waals surface area contributed by atoms with Crippen molar-refractivity contribution < 1.29 is 18.7 Å². The summed E-state index contributed by atoms with van der Waals surface area (Å²) in [6, 6.07) is 11.7. The first kappa shape index (κ1) is 21.1. The molecule has 0 unspecified atom stereocenters. The normalized spacial score (nSPS) is 15.4. The zero-order chi connectivity index (χ0) is 22.8. The van der Waals surface area contributed by atoms with Gasteiger partial charge in [0, 0.05) is 43.6 Å². The minimum atomic E-state index is -0.602. The molecule has 1 fully saturated rings.